The summed E-state index contributed by atoms with van der Waals surface area (Å²) >= 11 is 1.50. The molecule has 0 bridgehead atoms. The van der Waals surface area contributed by atoms with Gasteiger partial charge in [-0.2, -0.15) is 0 Å². The van der Waals surface area contributed by atoms with Crippen molar-refractivity contribution in [2.24, 2.45) is 5.73 Å². The second-order valence-electron chi connectivity index (χ2n) is 4.06. The van der Waals surface area contributed by atoms with Gasteiger partial charge in [-0.1, -0.05) is 12.1 Å². The van der Waals surface area contributed by atoms with Gasteiger partial charge in [0.2, 0.25) is 5.16 Å². The van der Waals surface area contributed by atoms with Crippen molar-refractivity contribution in [2.45, 2.75) is 16.6 Å². The van der Waals surface area contributed by atoms with Gasteiger partial charge in [0.25, 0.3) is 0 Å². The van der Waals surface area contributed by atoms with E-state index in [1.165, 1.54) is 11.8 Å². The molecule has 19 heavy (non-hydrogen) atoms. The zero-order valence-corrected chi connectivity index (χ0v) is 11.0. The van der Waals surface area contributed by atoms with E-state index in [1.54, 1.807) is 0 Å². The number of aromatic nitrogens is 4. The summed E-state index contributed by atoms with van der Waals surface area (Å²) in [6, 6.07) is 9.86. The van der Waals surface area contributed by atoms with Crippen molar-refractivity contribution in [2.75, 3.05) is 6.54 Å². The topological polar surface area (TPSA) is 69.1 Å². The number of hydrogen-bond donors (Lipinski definition) is 1. The highest BCUT2D eigenvalue weighted by Crippen LogP contribution is 2.24. The summed E-state index contributed by atoms with van der Waals surface area (Å²) in [5, 5.41) is 9.99. The Morgan fingerprint density at radius 3 is 2.89 bits per heavy atom. The lowest BCUT2D eigenvalue weighted by Gasteiger charge is -2.01. The Labute approximate surface area is 114 Å². The van der Waals surface area contributed by atoms with Crippen LogP contribution in [0.2, 0.25) is 0 Å². The SMILES string of the molecule is NCCc1ccc(Sc2nnc3ccccn23)nc1. The van der Waals surface area contributed by atoms with Crippen LogP contribution in [-0.2, 0) is 6.42 Å². The normalized spacial score (nSPS) is 11.0. The number of rotatable bonds is 4. The van der Waals surface area contributed by atoms with Gasteiger partial charge in [-0.15, -0.1) is 10.2 Å². The molecule has 0 unspecified atom stereocenters. The standard InChI is InChI=1S/C13H13N5S/c14-7-6-10-4-5-12(15-9-10)19-13-17-16-11-3-1-2-8-18(11)13/h1-5,8-9H,6-7,14H2. The first-order chi connectivity index (χ1) is 9.36. The summed E-state index contributed by atoms with van der Waals surface area (Å²) < 4.78 is 1.94. The van der Waals surface area contributed by atoms with E-state index in [0.717, 1.165) is 27.8 Å². The van der Waals surface area contributed by atoms with Gasteiger partial charge in [-0.05, 0) is 48.5 Å². The molecule has 0 atom stereocenters. The molecule has 5 nitrogen and oxygen atoms in total. The highest BCUT2D eigenvalue weighted by atomic mass is 32.2. The maximum Gasteiger partial charge on any atom is 0.201 e. The lowest BCUT2D eigenvalue weighted by Crippen LogP contribution is -2.02. The molecule has 3 rings (SSSR count). The maximum absolute atomic E-state index is 5.52. The van der Waals surface area contributed by atoms with Crippen molar-refractivity contribution in [1.82, 2.24) is 19.6 Å². The first kappa shape index (κ1) is 12.1. The van der Waals surface area contributed by atoms with E-state index in [1.807, 2.05) is 47.1 Å². The van der Waals surface area contributed by atoms with Crippen LogP contribution in [-0.4, -0.2) is 26.1 Å². The molecule has 0 aliphatic rings. The lowest BCUT2D eigenvalue weighted by atomic mass is 10.2. The van der Waals surface area contributed by atoms with E-state index in [4.69, 9.17) is 5.73 Å². The third kappa shape index (κ3) is 2.59. The van der Waals surface area contributed by atoms with E-state index in [9.17, 15) is 0 Å². The summed E-state index contributed by atoms with van der Waals surface area (Å²) in [5.74, 6) is 0. The summed E-state index contributed by atoms with van der Waals surface area (Å²) in [6.45, 7) is 0.642. The molecule has 96 valence electrons. The molecular weight excluding hydrogens is 258 g/mol. The van der Waals surface area contributed by atoms with E-state index >= 15 is 0 Å². The predicted molar refractivity (Wildman–Crippen MR) is 74.1 cm³/mol. The van der Waals surface area contributed by atoms with Gasteiger partial charge in [-0.25, -0.2) is 4.98 Å². The van der Waals surface area contributed by atoms with Crippen LogP contribution in [0.4, 0.5) is 0 Å². The number of hydrogen-bond acceptors (Lipinski definition) is 5. The van der Waals surface area contributed by atoms with E-state index in [0.29, 0.717) is 6.54 Å². The molecule has 0 saturated carbocycles. The van der Waals surface area contributed by atoms with Crippen molar-refractivity contribution in [3.8, 4) is 0 Å². The monoisotopic (exact) mass is 271 g/mol. The molecule has 3 aromatic rings. The fraction of sp³-hybridized carbons (Fsp3) is 0.154. The van der Waals surface area contributed by atoms with Crippen LogP contribution in [0.1, 0.15) is 5.56 Å². The summed E-state index contributed by atoms with van der Waals surface area (Å²) in [6.07, 6.45) is 4.66. The van der Waals surface area contributed by atoms with Gasteiger partial charge >= 0.3 is 0 Å². The van der Waals surface area contributed by atoms with Crippen LogP contribution in [0.5, 0.6) is 0 Å². The number of nitrogens with two attached hydrogens (primary N) is 1. The second kappa shape index (κ2) is 5.38. The van der Waals surface area contributed by atoms with Crippen LogP contribution >= 0.6 is 11.8 Å². The minimum absolute atomic E-state index is 0.642. The number of nitrogens with zero attached hydrogens (tertiary/aromatic N) is 4. The number of fused-ring (bicyclic) bond motifs is 1. The molecule has 6 heteroatoms. The summed E-state index contributed by atoms with van der Waals surface area (Å²) in [4.78, 5) is 4.41. The molecule has 0 spiro atoms. The van der Waals surface area contributed by atoms with Crippen molar-refractivity contribution in [3.63, 3.8) is 0 Å². The predicted octanol–water partition coefficient (Wildman–Crippen LogP) is 1.78. The Morgan fingerprint density at radius 1 is 1.16 bits per heavy atom. The first-order valence-electron chi connectivity index (χ1n) is 5.99. The van der Waals surface area contributed by atoms with E-state index in [-0.39, 0.29) is 0 Å². The third-order valence-corrected chi connectivity index (χ3v) is 3.62. The molecule has 0 amide bonds. The lowest BCUT2D eigenvalue weighted by molar-refractivity contribution is 0.912. The highest BCUT2D eigenvalue weighted by Gasteiger charge is 2.07. The Hall–Kier alpha value is -1.92. The minimum atomic E-state index is 0.642. The van der Waals surface area contributed by atoms with Gasteiger partial charge in [-0.3, -0.25) is 4.40 Å². The Balaban J connectivity index is 1.84. The molecule has 0 aliphatic carbocycles. The van der Waals surface area contributed by atoms with Crippen molar-refractivity contribution in [3.05, 3.63) is 48.3 Å². The first-order valence-corrected chi connectivity index (χ1v) is 6.81. The molecule has 0 aromatic carbocycles. The van der Waals surface area contributed by atoms with E-state index < -0.39 is 0 Å². The highest BCUT2D eigenvalue weighted by molar-refractivity contribution is 7.99. The zero-order chi connectivity index (χ0) is 13.1. The van der Waals surface area contributed by atoms with Crippen LogP contribution in [0, 0.1) is 0 Å². The Kier molecular flexibility index (Phi) is 3.43. The third-order valence-electron chi connectivity index (χ3n) is 2.71. The smallest absolute Gasteiger partial charge is 0.201 e. The van der Waals surface area contributed by atoms with Crippen molar-refractivity contribution in [1.29, 1.82) is 0 Å². The molecule has 0 aliphatic heterocycles. The average Bonchev–Trinajstić information content (AvgIpc) is 2.85. The van der Waals surface area contributed by atoms with Crippen LogP contribution in [0.15, 0.2) is 52.9 Å². The fourth-order valence-corrected chi connectivity index (χ4v) is 2.53. The maximum atomic E-state index is 5.52. The molecule has 3 aromatic heterocycles. The zero-order valence-electron chi connectivity index (χ0n) is 10.2. The van der Waals surface area contributed by atoms with Gasteiger partial charge in [0.1, 0.15) is 5.03 Å². The van der Waals surface area contributed by atoms with Crippen LogP contribution in [0.3, 0.4) is 0 Å². The summed E-state index contributed by atoms with van der Waals surface area (Å²) in [7, 11) is 0. The van der Waals surface area contributed by atoms with Gasteiger partial charge in [0, 0.05) is 12.4 Å². The quantitative estimate of drug-likeness (QED) is 0.783. The van der Waals surface area contributed by atoms with Gasteiger partial charge in [0.05, 0.1) is 0 Å². The van der Waals surface area contributed by atoms with Crippen molar-refractivity contribution < 1.29 is 0 Å². The van der Waals surface area contributed by atoms with Crippen molar-refractivity contribution >= 4 is 17.4 Å². The molecule has 0 fully saturated rings. The van der Waals surface area contributed by atoms with Gasteiger partial charge < -0.3 is 5.73 Å². The Bertz CT molecular complexity index is 677. The Morgan fingerprint density at radius 2 is 2.11 bits per heavy atom. The molecule has 0 saturated heterocycles. The molecule has 0 radical (unpaired) electrons. The van der Waals surface area contributed by atoms with E-state index in [2.05, 4.69) is 15.2 Å². The number of pyridine rings is 2. The van der Waals surface area contributed by atoms with Gasteiger partial charge in [0.15, 0.2) is 5.65 Å². The van der Waals surface area contributed by atoms with Crippen LogP contribution < -0.4 is 5.73 Å². The molecule has 3 heterocycles. The largest absolute Gasteiger partial charge is 0.330 e. The second-order valence-corrected chi connectivity index (χ2v) is 5.04. The minimum Gasteiger partial charge on any atom is -0.330 e. The molecular formula is C13H13N5S. The fourth-order valence-electron chi connectivity index (χ4n) is 1.77. The molecule has 2 N–H and O–H groups in total. The van der Waals surface area contributed by atoms with Crippen LogP contribution in [0.25, 0.3) is 5.65 Å². The summed E-state index contributed by atoms with van der Waals surface area (Å²) in [5.41, 5.74) is 7.50. The average molecular weight is 271 g/mol.